The number of thiocarbonyl (C=S) groups is 1. The predicted molar refractivity (Wildman–Crippen MR) is 89.6 cm³/mol. The normalized spacial score (nSPS) is 15.9. The van der Waals surface area contributed by atoms with Crippen molar-refractivity contribution in [1.82, 2.24) is 9.80 Å². The van der Waals surface area contributed by atoms with Crippen LogP contribution in [0.3, 0.4) is 0 Å². The number of piperazine rings is 1. The largest absolute Gasteiger partial charge is 0.493 e. The maximum atomic E-state index is 5.68. The molecule has 0 saturated carbocycles. The van der Waals surface area contributed by atoms with Gasteiger partial charge in [0, 0.05) is 31.7 Å². The van der Waals surface area contributed by atoms with Crippen LogP contribution in [0.4, 0.5) is 0 Å². The lowest BCUT2D eigenvalue weighted by atomic mass is 10.1. The van der Waals surface area contributed by atoms with Gasteiger partial charge in [0.25, 0.3) is 0 Å². The minimum absolute atomic E-state index is 0.693. The third kappa shape index (κ3) is 4.08. The molecule has 0 unspecified atom stereocenters. The van der Waals surface area contributed by atoms with Crippen LogP contribution in [-0.2, 0) is 0 Å². The fraction of sp³-hybridized carbons (Fsp3) is 0.562. The van der Waals surface area contributed by atoms with Crippen molar-refractivity contribution in [3.05, 3.63) is 23.8 Å². The van der Waals surface area contributed by atoms with E-state index in [-0.39, 0.29) is 0 Å². The molecular weight excluding hydrogens is 284 g/mol. The second-order valence-corrected chi connectivity index (χ2v) is 5.70. The quantitative estimate of drug-likeness (QED) is 0.778. The second kappa shape index (κ2) is 7.61. The van der Waals surface area contributed by atoms with Crippen LogP contribution in [0.1, 0.15) is 18.9 Å². The molecule has 1 aromatic carbocycles. The van der Waals surface area contributed by atoms with E-state index >= 15 is 0 Å². The molecule has 0 amide bonds. The van der Waals surface area contributed by atoms with Crippen LogP contribution in [0.2, 0.25) is 0 Å². The fourth-order valence-electron chi connectivity index (χ4n) is 2.32. The van der Waals surface area contributed by atoms with Crippen LogP contribution < -0.4 is 9.47 Å². The van der Waals surface area contributed by atoms with E-state index in [4.69, 9.17) is 21.7 Å². The Hall–Kier alpha value is -1.33. The number of benzene rings is 1. The molecule has 0 aliphatic carbocycles. The molecular formula is C16H24N2O2S. The summed E-state index contributed by atoms with van der Waals surface area (Å²) in [5, 5.41) is 0. The van der Waals surface area contributed by atoms with E-state index in [0.29, 0.717) is 6.61 Å². The van der Waals surface area contributed by atoms with Gasteiger partial charge in [0.05, 0.1) is 13.7 Å². The van der Waals surface area contributed by atoms with Gasteiger partial charge in [-0.15, -0.1) is 0 Å². The highest BCUT2D eigenvalue weighted by Crippen LogP contribution is 2.29. The van der Waals surface area contributed by atoms with Crippen LogP contribution in [-0.4, -0.2) is 61.7 Å². The van der Waals surface area contributed by atoms with Gasteiger partial charge in [-0.3, -0.25) is 0 Å². The summed E-state index contributed by atoms with van der Waals surface area (Å²) in [4.78, 5) is 5.47. The first-order valence-corrected chi connectivity index (χ1v) is 7.85. The van der Waals surface area contributed by atoms with Crippen molar-refractivity contribution < 1.29 is 9.47 Å². The lowest BCUT2D eigenvalue weighted by molar-refractivity contribution is 0.218. The molecule has 0 N–H and O–H groups in total. The average Bonchev–Trinajstić information content (AvgIpc) is 2.52. The van der Waals surface area contributed by atoms with Gasteiger partial charge < -0.3 is 19.3 Å². The number of methoxy groups -OCH3 is 1. The first-order chi connectivity index (χ1) is 10.2. The Balaban J connectivity index is 2.10. The Morgan fingerprint density at radius 1 is 1.19 bits per heavy atom. The number of hydrogen-bond acceptors (Lipinski definition) is 4. The first-order valence-electron chi connectivity index (χ1n) is 7.44. The summed E-state index contributed by atoms with van der Waals surface area (Å²) >= 11 is 5.63. The van der Waals surface area contributed by atoms with Crippen LogP contribution in [0.15, 0.2) is 18.2 Å². The van der Waals surface area contributed by atoms with Gasteiger partial charge in [-0.25, -0.2) is 0 Å². The standard InChI is InChI=1S/C16H24N2O2S/c1-4-11-20-14-6-5-13(12-15(14)19-3)16(21)18-9-7-17(2)8-10-18/h5-6,12H,4,7-11H2,1-3H3. The summed E-state index contributed by atoms with van der Waals surface area (Å²) < 4.78 is 11.1. The molecule has 0 atom stereocenters. The highest BCUT2D eigenvalue weighted by molar-refractivity contribution is 7.80. The molecule has 1 heterocycles. The summed E-state index contributed by atoms with van der Waals surface area (Å²) in [5.74, 6) is 1.53. The Kier molecular flexibility index (Phi) is 5.82. The maximum absolute atomic E-state index is 5.68. The average molecular weight is 308 g/mol. The van der Waals surface area contributed by atoms with Crippen molar-refractivity contribution >= 4 is 17.2 Å². The number of rotatable bonds is 5. The van der Waals surface area contributed by atoms with E-state index in [1.165, 1.54) is 0 Å². The summed E-state index contributed by atoms with van der Waals surface area (Å²) in [5.41, 5.74) is 1.02. The molecule has 4 nitrogen and oxygen atoms in total. The Labute approximate surface area is 132 Å². The number of hydrogen-bond donors (Lipinski definition) is 0. The minimum atomic E-state index is 0.693. The van der Waals surface area contributed by atoms with Crippen molar-refractivity contribution in [3.63, 3.8) is 0 Å². The molecule has 1 aromatic rings. The summed E-state index contributed by atoms with van der Waals surface area (Å²) in [6, 6.07) is 5.95. The van der Waals surface area contributed by atoms with E-state index in [0.717, 1.165) is 54.7 Å². The Morgan fingerprint density at radius 2 is 1.90 bits per heavy atom. The van der Waals surface area contributed by atoms with E-state index < -0.39 is 0 Å². The van der Waals surface area contributed by atoms with Gasteiger partial charge >= 0.3 is 0 Å². The van der Waals surface area contributed by atoms with Gasteiger partial charge in [-0.05, 0) is 31.7 Å². The molecule has 2 rings (SSSR count). The van der Waals surface area contributed by atoms with Crippen molar-refractivity contribution in [2.45, 2.75) is 13.3 Å². The molecule has 1 aliphatic rings. The first kappa shape index (κ1) is 16.0. The van der Waals surface area contributed by atoms with Gasteiger partial charge in [0.15, 0.2) is 11.5 Å². The smallest absolute Gasteiger partial charge is 0.161 e. The van der Waals surface area contributed by atoms with E-state index in [9.17, 15) is 0 Å². The van der Waals surface area contributed by atoms with Gasteiger partial charge in [-0.2, -0.15) is 0 Å². The molecule has 0 radical (unpaired) electrons. The Morgan fingerprint density at radius 3 is 2.52 bits per heavy atom. The molecule has 21 heavy (non-hydrogen) atoms. The zero-order valence-corrected chi connectivity index (χ0v) is 13.9. The molecule has 5 heteroatoms. The lowest BCUT2D eigenvalue weighted by Gasteiger charge is -2.34. The fourth-order valence-corrected chi connectivity index (χ4v) is 2.63. The lowest BCUT2D eigenvalue weighted by Crippen LogP contribution is -2.46. The third-order valence-electron chi connectivity index (χ3n) is 3.66. The van der Waals surface area contributed by atoms with Crippen LogP contribution in [0, 0.1) is 0 Å². The monoisotopic (exact) mass is 308 g/mol. The molecule has 1 aliphatic heterocycles. The third-order valence-corrected chi connectivity index (χ3v) is 4.16. The SMILES string of the molecule is CCCOc1ccc(C(=S)N2CCN(C)CC2)cc1OC. The second-order valence-electron chi connectivity index (χ2n) is 5.31. The molecule has 0 bridgehead atoms. The van der Waals surface area contributed by atoms with E-state index in [1.807, 2.05) is 18.2 Å². The molecule has 1 saturated heterocycles. The van der Waals surface area contributed by atoms with Gasteiger partial charge in [0.2, 0.25) is 0 Å². The van der Waals surface area contributed by atoms with Crippen LogP contribution in [0.25, 0.3) is 0 Å². The molecule has 116 valence electrons. The molecule has 0 spiro atoms. The highest BCUT2D eigenvalue weighted by atomic mass is 32.1. The van der Waals surface area contributed by atoms with Gasteiger partial charge in [0.1, 0.15) is 4.99 Å². The van der Waals surface area contributed by atoms with Gasteiger partial charge in [-0.1, -0.05) is 19.1 Å². The predicted octanol–water partition coefficient (Wildman–Crippen LogP) is 2.41. The summed E-state index contributed by atoms with van der Waals surface area (Å²) in [6.45, 7) is 6.84. The van der Waals surface area contributed by atoms with Crippen molar-refractivity contribution in [3.8, 4) is 11.5 Å². The highest BCUT2D eigenvalue weighted by Gasteiger charge is 2.18. The molecule has 0 aromatic heterocycles. The minimum Gasteiger partial charge on any atom is -0.493 e. The molecule has 1 fully saturated rings. The summed E-state index contributed by atoms with van der Waals surface area (Å²) in [7, 11) is 3.81. The van der Waals surface area contributed by atoms with Crippen LogP contribution in [0.5, 0.6) is 11.5 Å². The van der Waals surface area contributed by atoms with Crippen molar-refractivity contribution in [2.24, 2.45) is 0 Å². The van der Waals surface area contributed by atoms with E-state index in [2.05, 4.69) is 23.8 Å². The zero-order valence-electron chi connectivity index (χ0n) is 13.1. The Bertz CT molecular complexity index is 485. The van der Waals surface area contributed by atoms with Crippen molar-refractivity contribution in [2.75, 3.05) is 46.9 Å². The van der Waals surface area contributed by atoms with E-state index in [1.54, 1.807) is 7.11 Å². The zero-order chi connectivity index (χ0) is 15.2. The van der Waals surface area contributed by atoms with Crippen LogP contribution >= 0.6 is 12.2 Å². The number of likely N-dealkylation sites (N-methyl/N-ethyl adjacent to an activating group) is 1. The van der Waals surface area contributed by atoms with Crippen molar-refractivity contribution in [1.29, 1.82) is 0 Å². The summed E-state index contributed by atoms with van der Waals surface area (Å²) in [6.07, 6.45) is 0.977. The number of nitrogens with zero attached hydrogens (tertiary/aromatic N) is 2. The number of ether oxygens (including phenoxy) is 2. The topological polar surface area (TPSA) is 24.9 Å². The maximum Gasteiger partial charge on any atom is 0.161 e.